The van der Waals surface area contributed by atoms with Crippen LogP contribution in [-0.2, 0) is 21.5 Å². The fraction of sp³-hybridized carbons (Fsp3) is 0.467. The second kappa shape index (κ2) is 5.43. The molecule has 0 spiro atoms. The highest BCUT2D eigenvalue weighted by Crippen LogP contribution is 2.24. The van der Waals surface area contributed by atoms with E-state index in [-0.39, 0.29) is 5.41 Å². The Hall–Kier alpha value is -1.84. The summed E-state index contributed by atoms with van der Waals surface area (Å²) in [5, 5.41) is 8.66. The van der Waals surface area contributed by atoms with Crippen LogP contribution in [0, 0.1) is 6.92 Å². The van der Waals surface area contributed by atoms with Gasteiger partial charge in [-0.1, -0.05) is 39.0 Å². The molecule has 0 aromatic heterocycles. The minimum absolute atomic E-state index is 0.0755. The Morgan fingerprint density at radius 3 is 2.26 bits per heavy atom. The monoisotopic (exact) mass is 263 g/mol. The largest absolute Gasteiger partial charge is 0.474 e. The van der Waals surface area contributed by atoms with Crippen LogP contribution in [0.4, 0.5) is 0 Å². The van der Waals surface area contributed by atoms with Crippen molar-refractivity contribution in [3.05, 3.63) is 34.9 Å². The molecule has 0 fully saturated rings. The Kier molecular flexibility index (Phi) is 4.35. The van der Waals surface area contributed by atoms with E-state index in [1.54, 1.807) is 0 Å². The molecule has 0 unspecified atom stereocenters. The molecule has 0 atom stereocenters. The quantitative estimate of drug-likeness (QED) is 0.833. The predicted octanol–water partition coefficient (Wildman–Crippen LogP) is 2.34. The number of aryl methyl sites for hydroxylation is 1. The van der Waals surface area contributed by atoms with Gasteiger partial charge in [0.2, 0.25) is 0 Å². The number of amides is 1. The van der Waals surface area contributed by atoms with Gasteiger partial charge in [0.1, 0.15) is 0 Å². The Labute approximate surface area is 114 Å². The van der Waals surface area contributed by atoms with Gasteiger partial charge in [-0.05, 0) is 29.0 Å². The summed E-state index contributed by atoms with van der Waals surface area (Å²) in [7, 11) is 1.49. The van der Waals surface area contributed by atoms with Crippen molar-refractivity contribution in [1.82, 2.24) is 4.90 Å². The minimum Gasteiger partial charge on any atom is -0.474 e. The first kappa shape index (κ1) is 15.2. The predicted molar refractivity (Wildman–Crippen MR) is 74.0 cm³/mol. The van der Waals surface area contributed by atoms with E-state index < -0.39 is 11.9 Å². The van der Waals surface area contributed by atoms with E-state index in [1.807, 2.05) is 19.1 Å². The number of carboxylic acids is 1. The Morgan fingerprint density at radius 2 is 1.84 bits per heavy atom. The van der Waals surface area contributed by atoms with Crippen LogP contribution in [0.3, 0.4) is 0 Å². The summed E-state index contributed by atoms with van der Waals surface area (Å²) < 4.78 is 0. The van der Waals surface area contributed by atoms with Gasteiger partial charge in [-0.15, -0.1) is 0 Å². The van der Waals surface area contributed by atoms with E-state index in [0.717, 1.165) is 11.1 Å². The molecule has 0 aliphatic carbocycles. The number of carbonyl (C=O) groups excluding carboxylic acids is 1. The maximum Gasteiger partial charge on any atom is 0.394 e. The molecule has 0 saturated carbocycles. The van der Waals surface area contributed by atoms with E-state index in [0.29, 0.717) is 6.54 Å². The Morgan fingerprint density at radius 1 is 1.26 bits per heavy atom. The molecular formula is C15H21NO3. The van der Waals surface area contributed by atoms with Crippen molar-refractivity contribution in [2.24, 2.45) is 0 Å². The number of likely N-dealkylation sites (N-methyl/N-ethyl adjacent to an activating group) is 1. The maximum atomic E-state index is 11.3. The van der Waals surface area contributed by atoms with E-state index in [4.69, 9.17) is 5.11 Å². The molecule has 0 bridgehead atoms. The molecule has 1 rings (SSSR count). The number of benzene rings is 1. The van der Waals surface area contributed by atoms with Crippen molar-refractivity contribution >= 4 is 11.9 Å². The average Bonchev–Trinajstić information content (AvgIpc) is 2.29. The molecule has 0 radical (unpaired) electrons. The Balaban J connectivity index is 2.93. The third kappa shape index (κ3) is 3.81. The smallest absolute Gasteiger partial charge is 0.394 e. The van der Waals surface area contributed by atoms with Crippen LogP contribution in [0.5, 0.6) is 0 Å². The van der Waals surface area contributed by atoms with E-state index in [2.05, 4.69) is 26.8 Å². The molecule has 0 aliphatic heterocycles. The fourth-order valence-corrected chi connectivity index (χ4v) is 1.83. The number of hydrogen-bond donors (Lipinski definition) is 1. The fourth-order valence-electron chi connectivity index (χ4n) is 1.83. The number of hydrogen-bond acceptors (Lipinski definition) is 2. The van der Waals surface area contributed by atoms with Crippen LogP contribution in [-0.4, -0.2) is 28.9 Å². The molecule has 1 aromatic carbocycles. The van der Waals surface area contributed by atoms with Crippen molar-refractivity contribution in [2.45, 2.75) is 39.7 Å². The lowest BCUT2D eigenvalue weighted by Gasteiger charge is -2.22. The minimum atomic E-state index is -1.42. The molecule has 0 aliphatic rings. The number of nitrogens with zero attached hydrogens (tertiary/aromatic N) is 1. The summed E-state index contributed by atoms with van der Waals surface area (Å²) >= 11 is 0. The van der Waals surface area contributed by atoms with Crippen molar-refractivity contribution in [3.63, 3.8) is 0 Å². The van der Waals surface area contributed by atoms with Crippen molar-refractivity contribution in [2.75, 3.05) is 7.05 Å². The highest BCUT2D eigenvalue weighted by atomic mass is 16.4. The average molecular weight is 263 g/mol. The summed E-state index contributed by atoms with van der Waals surface area (Å²) in [6.45, 7) is 8.70. The lowest BCUT2D eigenvalue weighted by atomic mass is 9.85. The third-order valence-electron chi connectivity index (χ3n) is 3.15. The zero-order chi connectivity index (χ0) is 14.8. The number of rotatable bonds is 2. The summed E-state index contributed by atoms with van der Waals surface area (Å²) in [5.74, 6) is -2.31. The van der Waals surface area contributed by atoms with Gasteiger partial charge in [-0.2, -0.15) is 0 Å². The molecular weight excluding hydrogens is 242 g/mol. The normalized spacial score (nSPS) is 11.2. The van der Waals surface area contributed by atoms with Gasteiger partial charge in [0.05, 0.1) is 0 Å². The maximum absolute atomic E-state index is 11.3. The zero-order valence-electron chi connectivity index (χ0n) is 12.2. The first-order valence-electron chi connectivity index (χ1n) is 6.21. The summed E-state index contributed by atoms with van der Waals surface area (Å²) in [6.07, 6.45) is 0. The van der Waals surface area contributed by atoms with Crippen LogP contribution in [0.1, 0.15) is 37.5 Å². The van der Waals surface area contributed by atoms with Gasteiger partial charge in [-0.25, -0.2) is 4.79 Å². The highest BCUT2D eigenvalue weighted by Gasteiger charge is 2.19. The van der Waals surface area contributed by atoms with E-state index >= 15 is 0 Å². The topological polar surface area (TPSA) is 57.6 Å². The molecule has 4 nitrogen and oxygen atoms in total. The van der Waals surface area contributed by atoms with Crippen molar-refractivity contribution in [3.8, 4) is 0 Å². The lowest BCUT2D eigenvalue weighted by molar-refractivity contribution is -0.155. The second-order valence-corrected chi connectivity index (χ2v) is 5.86. The van der Waals surface area contributed by atoms with Crippen LogP contribution in [0.15, 0.2) is 18.2 Å². The van der Waals surface area contributed by atoms with Gasteiger partial charge in [0.25, 0.3) is 0 Å². The second-order valence-electron chi connectivity index (χ2n) is 5.86. The van der Waals surface area contributed by atoms with Crippen molar-refractivity contribution < 1.29 is 14.7 Å². The Bertz CT molecular complexity index is 501. The van der Waals surface area contributed by atoms with Gasteiger partial charge in [0.15, 0.2) is 0 Å². The summed E-state index contributed by atoms with van der Waals surface area (Å²) in [5.41, 5.74) is 3.33. The van der Waals surface area contributed by atoms with E-state index in [9.17, 15) is 9.59 Å². The van der Waals surface area contributed by atoms with Crippen molar-refractivity contribution in [1.29, 1.82) is 0 Å². The number of aliphatic carboxylic acids is 1. The SMILES string of the molecule is Cc1cc(C(C)(C)C)ccc1CN(C)C(=O)C(=O)O. The first-order valence-corrected chi connectivity index (χ1v) is 6.21. The van der Waals surface area contributed by atoms with Gasteiger partial charge < -0.3 is 10.0 Å². The zero-order valence-corrected chi connectivity index (χ0v) is 12.2. The van der Waals surface area contributed by atoms with Crippen LogP contribution in [0.25, 0.3) is 0 Å². The standard InChI is InChI=1S/C15H21NO3/c1-10-8-12(15(2,3)4)7-6-11(10)9-16(5)13(17)14(18)19/h6-8H,9H2,1-5H3,(H,18,19). The summed E-state index contributed by atoms with van der Waals surface area (Å²) in [4.78, 5) is 23.1. The van der Waals surface area contributed by atoms with Crippen LogP contribution < -0.4 is 0 Å². The third-order valence-corrected chi connectivity index (χ3v) is 3.15. The molecule has 1 aromatic rings. The number of carboxylic acid groups (broad SMARTS) is 1. The molecule has 19 heavy (non-hydrogen) atoms. The first-order chi connectivity index (χ1) is 8.62. The van der Waals surface area contributed by atoms with Gasteiger partial charge in [-0.3, -0.25) is 4.79 Å². The lowest BCUT2D eigenvalue weighted by Crippen LogP contribution is -2.32. The van der Waals surface area contributed by atoms with Crippen LogP contribution in [0.2, 0.25) is 0 Å². The van der Waals surface area contributed by atoms with Gasteiger partial charge >= 0.3 is 11.9 Å². The molecule has 0 saturated heterocycles. The number of carbonyl (C=O) groups is 2. The molecule has 1 amide bonds. The molecule has 4 heteroatoms. The molecule has 104 valence electrons. The van der Waals surface area contributed by atoms with E-state index in [1.165, 1.54) is 17.5 Å². The van der Waals surface area contributed by atoms with Crippen LogP contribution >= 0.6 is 0 Å². The summed E-state index contributed by atoms with van der Waals surface area (Å²) in [6, 6.07) is 6.08. The molecule has 0 heterocycles. The molecule has 1 N–H and O–H groups in total. The van der Waals surface area contributed by atoms with Gasteiger partial charge in [0, 0.05) is 13.6 Å². The highest BCUT2D eigenvalue weighted by molar-refractivity contribution is 6.31.